The molecule has 3 saturated carbocycles. The van der Waals surface area contributed by atoms with Crippen LogP contribution in [0, 0.1) is 17.3 Å². The summed E-state index contributed by atoms with van der Waals surface area (Å²) in [4.78, 5) is 23.3. The van der Waals surface area contributed by atoms with E-state index < -0.39 is 11.7 Å². The fourth-order valence-electron chi connectivity index (χ4n) is 2.99. The van der Waals surface area contributed by atoms with Crippen LogP contribution in [0.5, 0.6) is 0 Å². The lowest BCUT2D eigenvalue weighted by Gasteiger charge is -2.56. The SMILES string of the molecule is CCOC(=O)/C(O)=C1\C(=O)C[C@H]2C[C@@H]1C2(C)C. The first kappa shape index (κ1) is 12.1. The highest BCUT2D eigenvalue weighted by Crippen LogP contribution is 2.60. The van der Waals surface area contributed by atoms with E-state index in [4.69, 9.17) is 4.74 Å². The van der Waals surface area contributed by atoms with Crippen LogP contribution in [0.3, 0.4) is 0 Å². The lowest BCUT2D eigenvalue weighted by atomic mass is 9.47. The third kappa shape index (κ3) is 1.66. The molecule has 0 aliphatic heterocycles. The standard InChI is InChI=1S/C13H18O4/c1-4-17-12(16)11(15)10-8-5-7(6-9(10)14)13(8,2)3/h7-8,15H,4-6H2,1-3H3/b11-10+/t7-,8+/m1/s1. The summed E-state index contributed by atoms with van der Waals surface area (Å²) in [7, 11) is 0. The Morgan fingerprint density at radius 1 is 1.53 bits per heavy atom. The van der Waals surface area contributed by atoms with E-state index in [1.54, 1.807) is 6.92 Å². The highest BCUT2D eigenvalue weighted by atomic mass is 16.5. The predicted molar refractivity (Wildman–Crippen MR) is 61.3 cm³/mol. The van der Waals surface area contributed by atoms with Gasteiger partial charge in [-0.25, -0.2) is 4.79 Å². The average Bonchev–Trinajstić information content (AvgIpc) is 2.28. The molecule has 0 aromatic carbocycles. The number of carbonyl (C=O) groups is 2. The quantitative estimate of drug-likeness (QED) is 0.454. The van der Waals surface area contributed by atoms with Gasteiger partial charge in [-0.2, -0.15) is 0 Å². The molecule has 2 bridgehead atoms. The number of allylic oxidation sites excluding steroid dienone is 1. The Balaban J connectivity index is 2.32. The fourth-order valence-corrected chi connectivity index (χ4v) is 2.99. The molecule has 0 amide bonds. The molecule has 0 unspecified atom stereocenters. The molecule has 3 fully saturated rings. The number of hydrogen-bond donors (Lipinski definition) is 1. The van der Waals surface area contributed by atoms with Crippen molar-refractivity contribution in [1.82, 2.24) is 0 Å². The van der Waals surface area contributed by atoms with Crippen molar-refractivity contribution in [3.05, 3.63) is 11.3 Å². The van der Waals surface area contributed by atoms with Crippen molar-refractivity contribution in [3.8, 4) is 0 Å². The first-order valence-electron chi connectivity index (χ1n) is 6.03. The van der Waals surface area contributed by atoms with E-state index in [9.17, 15) is 14.7 Å². The number of Topliss-reactive ketones (excluding diaryl/α,β-unsaturated/α-hetero) is 1. The zero-order chi connectivity index (χ0) is 12.8. The largest absolute Gasteiger partial charge is 0.502 e. The van der Waals surface area contributed by atoms with Gasteiger partial charge >= 0.3 is 5.97 Å². The Morgan fingerprint density at radius 3 is 2.71 bits per heavy atom. The van der Waals surface area contributed by atoms with E-state index in [0.29, 0.717) is 12.3 Å². The second kappa shape index (κ2) is 3.86. The number of esters is 1. The minimum Gasteiger partial charge on any atom is -0.502 e. The van der Waals surface area contributed by atoms with Crippen LogP contribution in [0.2, 0.25) is 0 Å². The summed E-state index contributed by atoms with van der Waals surface area (Å²) in [5, 5.41) is 9.86. The Kier molecular flexibility index (Phi) is 2.76. The Morgan fingerprint density at radius 2 is 2.18 bits per heavy atom. The van der Waals surface area contributed by atoms with E-state index in [0.717, 1.165) is 6.42 Å². The maximum atomic E-state index is 11.8. The van der Waals surface area contributed by atoms with Crippen molar-refractivity contribution in [2.45, 2.75) is 33.6 Å². The van der Waals surface area contributed by atoms with Crippen LogP contribution < -0.4 is 0 Å². The van der Waals surface area contributed by atoms with Crippen molar-refractivity contribution < 1.29 is 19.4 Å². The van der Waals surface area contributed by atoms with Gasteiger partial charge < -0.3 is 9.84 Å². The summed E-state index contributed by atoms with van der Waals surface area (Å²) >= 11 is 0. The van der Waals surface area contributed by atoms with Gasteiger partial charge in [-0.1, -0.05) is 13.8 Å². The summed E-state index contributed by atoms with van der Waals surface area (Å²) in [5.41, 5.74) is 0.292. The number of hydrogen-bond acceptors (Lipinski definition) is 4. The predicted octanol–water partition coefficient (Wildman–Crippen LogP) is 2.00. The third-order valence-corrected chi connectivity index (χ3v) is 4.28. The normalized spacial score (nSPS) is 32.8. The van der Waals surface area contributed by atoms with Crippen molar-refractivity contribution in [1.29, 1.82) is 0 Å². The number of rotatable bonds is 2. The molecule has 0 aromatic heterocycles. The second-order valence-corrected chi connectivity index (χ2v) is 5.42. The van der Waals surface area contributed by atoms with E-state index in [2.05, 4.69) is 13.8 Å². The van der Waals surface area contributed by atoms with Gasteiger partial charge in [0.2, 0.25) is 5.76 Å². The molecule has 0 saturated heterocycles. The second-order valence-electron chi connectivity index (χ2n) is 5.42. The molecule has 0 heterocycles. The first-order chi connectivity index (χ1) is 7.89. The molecular weight excluding hydrogens is 220 g/mol. The number of fused-ring (bicyclic) bond motifs is 2. The van der Waals surface area contributed by atoms with E-state index in [1.807, 2.05) is 0 Å². The van der Waals surface area contributed by atoms with Gasteiger partial charge in [-0.15, -0.1) is 0 Å². The molecule has 0 spiro atoms. The third-order valence-electron chi connectivity index (χ3n) is 4.28. The fraction of sp³-hybridized carbons (Fsp3) is 0.692. The molecule has 0 radical (unpaired) electrons. The number of aliphatic hydroxyl groups is 1. The summed E-state index contributed by atoms with van der Waals surface area (Å²) in [5.74, 6) is -0.974. The number of ketones is 1. The molecule has 3 aliphatic rings. The van der Waals surface area contributed by atoms with Crippen LogP contribution in [-0.2, 0) is 14.3 Å². The first-order valence-corrected chi connectivity index (χ1v) is 6.03. The van der Waals surface area contributed by atoms with Gasteiger partial charge in [-0.05, 0) is 30.6 Å². The van der Waals surface area contributed by atoms with Crippen molar-refractivity contribution in [3.63, 3.8) is 0 Å². The van der Waals surface area contributed by atoms with Crippen LogP contribution in [0.1, 0.15) is 33.6 Å². The summed E-state index contributed by atoms with van der Waals surface area (Å²) in [6, 6.07) is 0. The molecule has 94 valence electrons. The molecule has 2 atom stereocenters. The number of aliphatic hydroxyl groups excluding tert-OH is 1. The van der Waals surface area contributed by atoms with Crippen molar-refractivity contribution >= 4 is 11.8 Å². The summed E-state index contributed by atoms with van der Waals surface area (Å²) in [6.07, 6.45) is 1.32. The highest BCUT2D eigenvalue weighted by Gasteiger charge is 2.56. The monoisotopic (exact) mass is 238 g/mol. The van der Waals surface area contributed by atoms with Crippen molar-refractivity contribution in [2.24, 2.45) is 17.3 Å². The molecule has 4 heteroatoms. The zero-order valence-corrected chi connectivity index (χ0v) is 10.4. The van der Waals surface area contributed by atoms with Gasteiger partial charge in [0.1, 0.15) is 0 Å². The van der Waals surface area contributed by atoms with Gasteiger partial charge in [0.05, 0.1) is 6.61 Å². The smallest absolute Gasteiger partial charge is 0.373 e. The minimum absolute atomic E-state index is 0.00171. The summed E-state index contributed by atoms with van der Waals surface area (Å²) in [6.45, 7) is 6.02. The Bertz CT molecular complexity index is 406. The van der Waals surface area contributed by atoms with E-state index in [1.165, 1.54) is 0 Å². The van der Waals surface area contributed by atoms with Crippen molar-refractivity contribution in [2.75, 3.05) is 6.61 Å². The lowest BCUT2D eigenvalue weighted by molar-refractivity contribution is -0.143. The van der Waals surface area contributed by atoms with Gasteiger partial charge in [0.25, 0.3) is 0 Å². The molecule has 0 aromatic rings. The Labute approximate surface area is 101 Å². The highest BCUT2D eigenvalue weighted by molar-refractivity contribution is 6.04. The minimum atomic E-state index is -0.781. The van der Waals surface area contributed by atoms with Crippen LogP contribution in [0.4, 0.5) is 0 Å². The van der Waals surface area contributed by atoms with E-state index >= 15 is 0 Å². The average molecular weight is 238 g/mol. The summed E-state index contributed by atoms with van der Waals surface area (Å²) < 4.78 is 4.74. The zero-order valence-electron chi connectivity index (χ0n) is 10.4. The van der Waals surface area contributed by atoms with Crippen LogP contribution in [0.25, 0.3) is 0 Å². The van der Waals surface area contributed by atoms with Crippen LogP contribution in [-0.4, -0.2) is 23.5 Å². The molecule has 17 heavy (non-hydrogen) atoms. The Hall–Kier alpha value is -1.32. The number of carbonyl (C=O) groups excluding carboxylic acids is 2. The van der Waals surface area contributed by atoms with Crippen LogP contribution in [0.15, 0.2) is 11.3 Å². The topological polar surface area (TPSA) is 63.6 Å². The van der Waals surface area contributed by atoms with Gasteiger partial charge in [-0.3, -0.25) is 4.79 Å². The maximum absolute atomic E-state index is 11.8. The molecule has 3 rings (SSSR count). The van der Waals surface area contributed by atoms with Gasteiger partial charge in [0.15, 0.2) is 5.78 Å². The maximum Gasteiger partial charge on any atom is 0.373 e. The lowest BCUT2D eigenvalue weighted by Crippen LogP contribution is -2.53. The van der Waals surface area contributed by atoms with E-state index in [-0.39, 0.29) is 29.3 Å². The number of ether oxygens (including phenoxy) is 1. The molecule has 1 N–H and O–H groups in total. The van der Waals surface area contributed by atoms with Gasteiger partial charge in [0, 0.05) is 12.0 Å². The molecule has 3 aliphatic carbocycles. The molecular formula is C13H18O4. The molecule has 4 nitrogen and oxygen atoms in total. The van der Waals surface area contributed by atoms with Crippen LogP contribution >= 0.6 is 0 Å².